The molecular weight excluding hydrogens is 394 g/mol. The first-order valence-electron chi connectivity index (χ1n) is 10.0. The predicted molar refractivity (Wildman–Crippen MR) is 124 cm³/mol. The molecule has 2 aromatic carbocycles. The van der Waals surface area contributed by atoms with Gasteiger partial charge in [-0.25, -0.2) is 4.98 Å². The molecule has 0 aliphatic carbocycles. The zero-order chi connectivity index (χ0) is 20.7. The lowest BCUT2D eigenvalue weighted by molar-refractivity contribution is 0.102. The number of carbonyl (C=O) groups excluding carboxylic acids is 1. The molecule has 0 saturated carbocycles. The number of hydrogen-bond donors (Lipinski definition) is 1. The summed E-state index contributed by atoms with van der Waals surface area (Å²) >= 11 is 1.68. The fourth-order valence-corrected chi connectivity index (χ4v) is 4.91. The van der Waals surface area contributed by atoms with Crippen LogP contribution < -0.4 is 10.2 Å². The number of anilines is 2. The van der Waals surface area contributed by atoms with Gasteiger partial charge < -0.3 is 15.1 Å². The van der Waals surface area contributed by atoms with E-state index in [0.717, 1.165) is 51.3 Å². The van der Waals surface area contributed by atoms with E-state index in [1.165, 1.54) is 0 Å². The Labute approximate surface area is 179 Å². The minimum atomic E-state index is -0.210. The van der Waals surface area contributed by atoms with Gasteiger partial charge in [0.1, 0.15) is 5.69 Å². The van der Waals surface area contributed by atoms with Crippen LogP contribution in [0.4, 0.5) is 10.8 Å². The van der Waals surface area contributed by atoms with E-state index < -0.39 is 0 Å². The van der Waals surface area contributed by atoms with Crippen molar-refractivity contribution in [1.82, 2.24) is 14.9 Å². The third-order valence-electron chi connectivity index (χ3n) is 5.66. The van der Waals surface area contributed by atoms with Crippen LogP contribution in [0.1, 0.15) is 16.9 Å². The maximum Gasteiger partial charge on any atom is 0.274 e. The predicted octanol–water partition coefficient (Wildman–Crippen LogP) is 4.24. The van der Waals surface area contributed by atoms with E-state index in [1.807, 2.05) is 48.5 Å². The Kier molecular flexibility index (Phi) is 4.84. The number of nitrogens with one attached hydrogen (secondary N) is 1. The van der Waals surface area contributed by atoms with Gasteiger partial charge in [-0.15, -0.1) is 0 Å². The van der Waals surface area contributed by atoms with Gasteiger partial charge in [0.2, 0.25) is 0 Å². The molecule has 1 saturated heterocycles. The van der Waals surface area contributed by atoms with E-state index in [4.69, 9.17) is 4.98 Å². The van der Waals surface area contributed by atoms with Gasteiger partial charge in [0, 0.05) is 36.4 Å². The summed E-state index contributed by atoms with van der Waals surface area (Å²) < 4.78 is 1.07. The number of hydrogen-bond acceptors (Lipinski definition) is 6. The van der Waals surface area contributed by atoms with E-state index in [1.54, 1.807) is 17.5 Å². The lowest BCUT2D eigenvalue weighted by Gasteiger charge is -2.19. The summed E-state index contributed by atoms with van der Waals surface area (Å²) in [6.45, 7) is 2.03. The van der Waals surface area contributed by atoms with Crippen LogP contribution in [0, 0.1) is 0 Å². The van der Waals surface area contributed by atoms with Crippen molar-refractivity contribution in [2.24, 2.45) is 0 Å². The normalized spacial score (nSPS) is 16.6. The summed E-state index contributed by atoms with van der Waals surface area (Å²) in [6.07, 6.45) is 2.89. The molecule has 2 aromatic heterocycles. The molecule has 7 heteroatoms. The van der Waals surface area contributed by atoms with Crippen molar-refractivity contribution >= 4 is 49.1 Å². The lowest BCUT2D eigenvalue weighted by atomic mass is 10.1. The molecule has 0 bridgehead atoms. The maximum absolute atomic E-state index is 12.7. The minimum absolute atomic E-state index is 0.210. The van der Waals surface area contributed by atoms with E-state index in [0.29, 0.717) is 11.7 Å². The maximum atomic E-state index is 12.7. The van der Waals surface area contributed by atoms with Gasteiger partial charge >= 0.3 is 0 Å². The number of pyridine rings is 1. The Morgan fingerprint density at radius 2 is 2.00 bits per heavy atom. The Bertz CT molecular complexity index is 1230. The molecule has 0 spiro atoms. The number of benzene rings is 2. The Balaban J connectivity index is 1.35. The number of aromatic nitrogens is 2. The molecule has 152 valence electrons. The summed E-state index contributed by atoms with van der Waals surface area (Å²) in [6, 6.07) is 16.2. The van der Waals surface area contributed by atoms with Gasteiger partial charge in [0.15, 0.2) is 5.13 Å². The fraction of sp³-hybridized carbons (Fsp3) is 0.261. The van der Waals surface area contributed by atoms with Gasteiger partial charge in [0.05, 0.1) is 10.2 Å². The van der Waals surface area contributed by atoms with E-state index in [9.17, 15) is 4.79 Å². The number of fused-ring (bicyclic) bond motifs is 2. The summed E-state index contributed by atoms with van der Waals surface area (Å²) in [5, 5.41) is 6.04. The van der Waals surface area contributed by atoms with Crippen LogP contribution in [0.3, 0.4) is 0 Å². The van der Waals surface area contributed by atoms with Gasteiger partial charge in [-0.2, -0.15) is 0 Å². The lowest BCUT2D eigenvalue weighted by Crippen LogP contribution is -2.31. The Morgan fingerprint density at radius 3 is 2.80 bits per heavy atom. The molecule has 30 heavy (non-hydrogen) atoms. The zero-order valence-electron chi connectivity index (χ0n) is 17.0. The highest BCUT2D eigenvalue weighted by molar-refractivity contribution is 7.22. The van der Waals surface area contributed by atoms with Crippen LogP contribution in [0.5, 0.6) is 0 Å². The van der Waals surface area contributed by atoms with E-state index in [2.05, 4.69) is 34.2 Å². The SMILES string of the molecule is CN(C)[C@@H]1CCN(c2nc3ccc(NC(=O)c4cc5ccccc5cn4)cc3s2)C1. The van der Waals surface area contributed by atoms with Crippen LogP contribution in [0.2, 0.25) is 0 Å². The second-order valence-corrected chi connectivity index (χ2v) is 8.91. The van der Waals surface area contributed by atoms with Gasteiger partial charge in [0.25, 0.3) is 5.91 Å². The topological polar surface area (TPSA) is 61.4 Å². The molecule has 0 unspecified atom stereocenters. The first-order chi connectivity index (χ1) is 14.6. The number of thiazole rings is 1. The summed E-state index contributed by atoms with van der Waals surface area (Å²) in [7, 11) is 4.26. The van der Waals surface area contributed by atoms with Crippen LogP contribution in [-0.2, 0) is 0 Å². The summed E-state index contributed by atoms with van der Waals surface area (Å²) in [4.78, 5) is 26.5. The number of rotatable bonds is 4. The fourth-order valence-electron chi connectivity index (χ4n) is 3.87. The minimum Gasteiger partial charge on any atom is -0.346 e. The van der Waals surface area contributed by atoms with E-state index >= 15 is 0 Å². The number of nitrogens with zero attached hydrogens (tertiary/aromatic N) is 4. The summed E-state index contributed by atoms with van der Waals surface area (Å²) in [5.74, 6) is -0.210. The number of amides is 1. The molecule has 5 rings (SSSR count). The molecule has 1 fully saturated rings. The molecule has 1 aliphatic rings. The Morgan fingerprint density at radius 1 is 1.17 bits per heavy atom. The van der Waals surface area contributed by atoms with Crippen molar-refractivity contribution in [2.75, 3.05) is 37.4 Å². The number of likely N-dealkylation sites (N-methyl/N-ethyl adjacent to an activating group) is 1. The van der Waals surface area contributed by atoms with Crippen molar-refractivity contribution in [1.29, 1.82) is 0 Å². The van der Waals surface area contributed by atoms with Crippen molar-refractivity contribution in [3.05, 3.63) is 60.4 Å². The van der Waals surface area contributed by atoms with Crippen molar-refractivity contribution in [3.63, 3.8) is 0 Å². The molecule has 1 atom stereocenters. The van der Waals surface area contributed by atoms with Gasteiger partial charge in [-0.3, -0.25) is 9.78 Å². The largest absolute Gasteiger partial charge is 0.346 e. The second-order valence-electron chi connectivity index (χ2n) is 7.90. The van der Waals surface area contributed by atoms with Crippen LogP contribution >= 0.6 is 11.3 Å². The molecule has 6 nitrogen and oxygen atoms in total. The van der Waals surface area contributed by atoms with Gasteiger partial charge in [-0.1, -0.05) is 35.6 Å². The molecule has 1 N–H and O–H groups in total. The zero-order valence-corrected chi connectivity index (χ0v) is 17.8. The summed E-state index contributed by atoms with van der Waals surface area (Å²) in [5.41, 5.74) is 2.13. The first kappa shape index (κ1) is 19.0. The average Bonchev–Trinajstić information content (AvgIpc) is 3.40. The highest BCUT2D eigenvalue weighted by Crippen LogP contribution is 2.33. The van der Waals surface area contributed by atoms with Crippen molar-refractivity contribution < 1.29 is 4.79 Å². The van der Waals surface area contributed by atoms with Crippen LogP contribution in [0.15, 0.2) is 54.7 Å². The quantitative estimate of drug-likeness (QED) is 0.538. The first-order valence-corrected chi connectivity index (χ1v) is 10.9. The number of carbonyl (C=O) groups is 1. The molecule has 3 heterocycles. The van der Waals surface area contributed by atoms with Gasteiger partial charge in [-0.05, 0) is 50.2 Å². The standard InChI is InChI=1S/C23H23N5OS/c1-27(2)18-9-10-28(14-18)23-26-19-8-7-17(12-21(19)30-23)25-22(29)20-11-15-5-3-4-6-16(15)13-24-20/h3-8,11-13,18H,9-10,14H2,1-2H3,(H,25,29)/t18-/m1/s1. The highest BCUT2D eigenvalue weighted by Gasteiger charge is 2.26. The molecule has 4 aromatic rings. The van der Waals surface area contributed by atoms with Crippen molar-refractivity contribution in [2.45, 2.75) is 12.5 Å². The molecule has 0 radical (unpaired) electrons. The van der Waals surface area contributed by atoms with Crippen LogP contribution in [0.25, 0.3) is 21.0 Å². The monoisotopic (exact) mass is 417 g/mol. The van der Waals surface area contributed by atoms with E-state index in [-0.39, 0.29) is 5.91 Å². The third kappa shape index (κ3) is 3.62. The highest BCUT2D eigenvalue weighted by atomic mass is 32.1. The Hall–Kier alpha value is -3.03. The molecule has 1 aliphatic heterocycles. The average molecular weight is 418 g/mol. The molecule has 1 amide bonds. The third-order valence-corrected chi connectivity index (χ3v) is 6.74. The molecular formula is C23H23N5OS. The smallest absolute Gasteiger partial charge is 0.274 e. The second kappa shape index (κ2) is 7.66. The van der Waals surface area contributed by atoms with Crippen molar-refractivity contribution in [3.8, 4) is 0 Å². The van der Waals surface area contributed by atoms with Crippen LogP contribution in [-0.4, -0.2) is 54.0 Å².